The molecule has 0 aromatic heterocycles. The topological polar surface area (TPSA) is 58.6 Å². The summed E-state index contributed by atoms with van der Waals surface area (Å²) >= 11 is 0. The monoisotopic (exact) mass is 381 g/mol. The summed E-state index contributed by atoms with van der Waals surface area (Å²) in [5.41, 5.74) is 0. The highest BCUT2D eigenvalue weighted by Crippen LogP contribution is 2.36. The second kappa shape index (κ2) is 7.90. The molecule has 0 unspecified atom stereocenters. The molecule has 0 fully saturated rings. The van der Waals surface area contributed by atoms with Crippen LogP contribution in [0.5, 0.6) is 0 Å². The summed E-state index contributed by atoms with van der Waals surface area (Å²) in [7, 11) is -2.68. The molecule has 0 aliphatic carbocycles. The van der Waals surface area contributed by atoms with Gasteiger partial charge in [-0.2, -0.15) is 0 Å². The van der Waals surface area contributed by atoms with Crippen LogP contribution in [0.1, 0.15) is 20.8 Å². The quantitative estimate of drug-likeness (QED) is 0.778. The SMILES string of the molecule is CC(C)(C)[Si](OC[C@@H]1N[C@@H](O)C=CC1=O)(c1ccccc1)c1ccccc1. The van der Waals surface area contributed by atoms with Crippen LogP contribution in [0.4, 0.5) is 0 Å². The molecule has 2 aromatic carbocycles. The minimum absolute atomic E-state index is 0.0711. The van der Waals surface area contributed by atoms with Crippen molar-refractivity contribution in [2.75, 3.05) is 6.61 Å². The molecule has 4 nitrogen and oxygen atoms in total. The molecule has 0 amide bonds. The van der Waals surface area contributed by atoms with Gasteiger partial charge in [0.1, 0.15) is 6.23 Å². The third kappa shape index (κ3) is 3.96. The van der Waals surface area contributed by atoms with Crippen LogP contribution in [0, 0.1) is 0 Å². The average molecular weight is 382 g/mol. The third-order valence-corrected chi connectivity index (χ3v) is 10.0. The summed E-state index contributed by atoms with van der Waals surface area (Å²) in [4.78, 5) is 12.3. The molecular formula is C22H27NO3Si. The van der Waals surface area contributed by atoms with E-state index in [-0.39, 0.29) is 17.4 Å². The van der Waals surface area contributed by atoms with Crippen molar-refractivity contribution in [2.24, 2.45) is 0 Å². The van der Waals surface area contributed by atoms with E-state index in [9.17, 15) is 9.90 Å². The third-order valence-electron chi connectivity index (χ3n) is 5.04. The van der Waals surface area contributed by atoms with Crippen LogP contribution in [-0.4, -0.2) is 38.1 Å². The number of hydrogen-bond donors (Lipinski definition) is 2. The highest BCUT2D eigenvalue weighted by molar-refractivity contribution is 6.99. The van der Waals surface area contributed by atoms with Crippen LogP contribution in [-0.2, 0) is 9.22 Å². The molecule has 2 N–H and O–H groups in total. The zero-order valence-electron chi connectivity index (χ0n) is 16.1. The Labute approximate surface area is 162 Å². The first-order chi connectivity index (χ1) is 12.8. The van der Waals surface area contributed by atoms with Crippen molar-refractivity contribution in [1.29, 1.82) is 0 Å². The Bertz CT molecular complexity index is 760. The number of rotatable bonds is 5. The minimum atomic E-state index is -2.68. The van der Waals surface area contributed by atoms with Gasteiger partial charge in [-0.1, -0.05) is 81.4 Å². The number of carbonyl (C=O) groups excluding carboxylic acids is 1. The predicted octanol–water partition coefficient (Wildman–Crippen LogP) is 1.98. The first-order valence-electron chi connectivity index (χ1n) is 9.26. The molecular weight excluding hydrogens is 354 g/mol. The van der Waals surface area contributed by atoms with Crippen molar-refractivity contribution in [1.82, 2.24) is 5.32 Å². The molecule has 142 valence electrons. The molecule has 2 aromatic rings. The summed E-state index contributed by atoms with van der Waals surface area (Å²) in [6.07, 6.45) is 2.07. The van der Waals surface area contributed by atoms with Crippen molar-refractivity contribution >= 4 is 24.5 Å². The smallest absolute Gasteiger partial charge is 0.261 e. The molecule has 0 spiro atoms. The number of hydrogen-bond acceptors (Lipinski definition) is 4. The molecule has 5 heteroatoms. The van der Waals surface area contributed by atoms with Crippen LogP contribution >= 0.6 is 0 Å². The van der Waals surface area contributed by atoms with Gasteiger partial charge in [0.2, 0.25) is 0 Å². The average Bonchev–Trinajstić information content (AvgIpc) is 2.65. The van der Waals surface area contributed by atoms with E-state index in [1.54, 1.807) is 0 Å². The maximum Gasteiger partial charge on any atom is 0.261 e. The number of benzene rings is 2. The zero-order valence-corrected chi connectivity index (χ0v) is 17.1. The number of aliphatic hydroxyl groups excluding tert-OH is 1. The van der Waals surface area contributed by atoms with Gasteiger partial charge in [0.05, 0.1) is 12.6 Å². The summed E-state index contributed by atoms with van der Waals surface area (Å²) in [5.74, 6) is -0.0711. The molecule has 0 bridgehead atoms. The molecule has 0 saturated heterocycles. The molecule has 1 heterocycles. The fourth-order valence-electron chi connectivity index (χ4n) is 3.75. The van der Waals surface area contributed by atoms with E-state index in [0.717, 1.165) is 0 Å². The lowest BCUT2D eigenvalue weighted by Gasteiger charge is -2.43. The Hall–Kier alpha value is -2.05. The van der Waals surface area contributed by atoms with E-state index in [4.69, 9.17) is 4.43 Å². The van der Waals surface area contributed by atoms with E-state index >= 15 is 0 Å². The second-order valence-electron chi connectivity index (χ2n) is 7.90. The largest absolute Gasteiger partial charge is 0.405 e. The van der Waals surface area contributed by atoms with Gasteiger partial charge in [0, 0.05) is 0 Å². The van der Waals surface area contributed by atoms with E-state index < -0.39 is 20.6 Å². The Morgan fingerprint density at radius 1 is 1.00 bits per heavy atom. The molecule has 1 aliphatic heterocycles. The van der Waals surface area contributed by atoms with Crippen molar-refractivity contribution in [2.45, 2.75) is 38.1 Å². The Kier molecular flexibility index (Phi) is 5.77. The van der Waals surface area contributed by atoms with E-state index in [1.165, 1.54) is 22.5 Å². The van der Waals surface area contributed by atoms with Crippen LogP contribution in [0.2, 0.25) is 5.04 Å². The van der Waals surface area contributed by atoms with Gasteiger partial charge in [-0.25, -0.2) is 0 Å². The normalized spacial score (nSPS) is 20.7. The van der Waals surface area contributed by atoms with Crippen LogP contribution < -0.4 is 15.7 Å². The second-order valence-corrected chi connectivity index (χ2v) is 12.2. The van der Waals surface area contributed by atoms with Crippen molar-refractivity contribution in [3.8, 4) is 0 Å². The number of carbonyl (C=O) groups is 1. The Morgan fingerprint density at radius 2 is 1.52 bits per heavy atom. The number of ketones is 1. The number of aliphatic hydroxyl groups is 1. The minimum Gasteiger partial charge on any atom is -0.405 e. The Balaban J connectivity index is 2.04. The zero-order chi connectivity index (χ0) is 19.5. The van der Waals surface area contributed by atoms with Gasteiger partial charge in [-0.05, 0) is 27.6 Å². The van der Waals surface area contributed by atoms with Gasteiger partial charge in [-0.3, -0.25) is 10.1 Å². The van der Waals surface area contributed by atoms with Crippen molar-refractivity contribution in [3.05, 3.63) is 72.8 Å². The summed E-state index contributed by atoms with van der Waals surface area (Å²) in [5, 5.41) is 14.9. The molecule has 1 aliphatic rings. The molecule has 27 heavy (non-hydrogen) atoms. The summed E-state index contributed by atoms with van der Waals surface area (Å²) < 4.78 is 6.74. The molecule has 3 rings (SSSR count). The van der Waals surface area contributed by atoms with Gasteiger partial charge >= 0.3 is 0 Å². The maximum absolute atomic E-state index is 12.3. The maximum atomic E-state index is 12.3. The standard InChI is InChI=1S/C22H27NO3Si/c1-22(2,3)27(17-10-6-4-7-11-17,18-12-8-5-9-13-18)26-16-19-20(24)14-15-21(25)23-19/h4-15,19,21,23,25H,16H2,1-3H3/t19-,21-/m0/s1. The molecule has 0 radical (unpaired) electrons. The molecule has 2 atom stereocenters. The van der Waals surface area contributed by atoms with Crippen LogP contribution in [0.25, 0.3) is 0 Å². The van der Waals surface area contributed by atoms with E-state index in [0.29, 0.717) is 0 Å². The van der Waals surface area contributed by atoms with Gasteiger partial charge in [0.25, 0.3) is 8.32 Å². The first kappa shape index (κ1) is 19.7. The lowest BCUT2D eigenvalue weighted by molar-refractivity contribution is -0.118. The number of nitrogens with one attached hydrogen (secondary N) is 1. The summed E-state index contributed by atoms with van der Waals surface area (Å²) in [6.45, 7) is 6.81. The lowest BCUT2D eigenvalue weighted by Crippen LogP contribution is -2.67. The van der Waals surface area contributed by atoms with Crippen molar-refractivity contribution in [3.63, 3.8) is 0 Å². The van der Waals surface area contributed by atoms with E-state index in [2.05, 4.69) is 50.4 Å². The fraction of sp³-hybridized carbons (Fsp3) is 0.318. The summed E-state index contributed by atoms with van der Waals surface area (Å²) in [6, 6.07) is 20.1. The highest BCUT2D eigenvalue weighted by Gasteiger charge is 2.50. The van der Waals surface area contributed by atoms with Gasteiger partial charge in [0.15, 0.2) is 5.78 Å². The van der Waals surface area contributed by atoms with Gasteiger partial charge < -0.3 is 9.53 Å². The van der Waals surface area contributed by atoms with Crippen molar-refractivity contribution < 1.29 is 14.3 Å². The highest BCUT2D eigenvalue weighted by atomic mass is 28.4. The lowest BCUT2D eigenvalue weighted by atomic mass is 10.1. The first-order valence-corrected chi connectivity index (χ1v) is 11.2. The predicted molar refractivity (Wildman–Crippen MR) is 111 cm³/mol. The van der Waals surface area contributed by atoms with Crippen LogP contribution in [0.15, 0.2) is 72.8 Å². The Morgan fingerprint density at radius 3 is 2.00 bits per heavy atom. The van der Waals surface area contributed by atoms with Crippen LogP contribution in [0.3, 0.4) is 0 Å². The van der Waals surface area contributed by atoms with Gasteiger partial charge in [-0.15, -0.1) is 0 Å². The van der Waals surface area contributed by atoms with E-state index in [1.807, 2.05) is 36.4 Å². The molecule has 0 saturated carbocycles. The fourth-order valence-corrected chi connectivity index (χ4v) is 8.32.